The van der Waals surface area contributed by atoms with Crippen LogP contribution < -0.4 is 9.47 Å². The van der Waals surface area contributed by atoms with E-state index >= 15 is 0 Å². The Kier molecular flexibility index (Phi) is 6.76. The summed E-state index contributed by atoms with van der Waals surface area (Å²) >= 11 is 6.45. The van der Waals surface area contributed by atoms with E-state index in [2.05, 4.69) is 4.98 Å². The molecule has 2 aromatic carbocycles. The number of nitrogens with zero attached hydrogens (tertiary/aromatic N) is 1. The van der Waals surface area contributed by atoms with Crippen LogP contribution in [0.15, 0.2) is 42.6 Å². The number of hydrogen-bond acceptors (Lipinski definition) is 7. The van der Waals surface area contributed by atoms with Gasteiger partial charge in [0.05, 0.1) is 23.8 Å². The Balaban J connectivity index is 1.12. The van der Waals surface area contributed by atoms with E-state index in [1.54, 1.807) is 30.5 Å². The molecule has 7 nitrogen and oxygen atoms in total. The molecule has 2 saturated carbocycles. The molecule has 0 spiro atoms. The third-order valence-electron chi connectivity index (χ3n) is 8.25. The van der Waals surface area contributed by atoms with Crippen LogP contribution in [0.3, 0.4) is 0 Å². The molecule has 3 aliphatic rings. The summed E-state index contributed by atoms with van der Waals surface area (Å²) in [6.07, 6.45) is 1.96. The van der Waals surface area contributed by atoms with Crippen molar-refractivity contribution in [3.8, 4) is 22.8 Å². The molecule has 4 N–H and O–H groups in total. The zero-order valence-electron chi connectivity index (χ0n) is 20.9. The van der Waals surface area contributed by atoms with Crippen LogP contribution in [-0.2, 0) is 13.0 Å². The van der Waals surface area contributed by atoms with Crippen molar-refractivity contribution >= 4 is 11.6 Å². The van der Waals surface area contributed by atoms with Crippen LogP contribution in [0.2, 0.25) is 5.02 Å². The average Bonchev–Trinajstić information content (AvgIpc) is 3.48. The fourth-order valence-electron chi connectivity index (χ4n) is 6.15. The lowest BCUT2D eigenvalue weighted by Crippen LogP contribution is -2.48. The molecule has 0 amide bonds. The van der Waals surface area contributed by atoms with Gasteiger partial charge >= 0.3 is 0 Å². The van der Waals surface area contributed by atoms with E-state index in [0.717, 1.165) is 17.2 Å². The lowest BCUT2D eigenvalue weighted by molar-refractivity contribution is -0.115. The fourth-order valence-corrected chi connectivity index (χ4v) is 6.42. The Morgan fingerprint density at radius 1 is 1.05 bits per heavy atom. The molecule has 3 aliphatic carbocycles. The van der Waals surface area contributed by atoms with Gasteiger partial charge in [0.15, 0.2) is 6.29 Å². The molecule has 10 heteroatoms. The molecule has 0 saturated heterocycles. The Labute approximate surface area is 228 Å². The molecule has 0 radical (unpaired) electrons. The summed E-state index contributed by atoms with van der Waals surface area (Å²) < 4.78 is 40.9. The van der Waals surface area contributed by atoms with Crippen LogP contribution in [0.25, 0.3) is 11.1 Å². The van der Waals surface area contributed by atoms with E-state index in [4.69, 9.17) is 26.2 Å². The van der Waals surface area contributed by atoms with Gasteiger partial charge in [-0.3, -0.25) is 0 Å². The van der Waals surface area contributed by atoms with Crippen LogP contribution in [-0.4, -0.2) is 50.5 Å². The minimum atomic E-state index is -1.33. The summed E-state index contributed by atoms with van der Waals surface area (Å²) in [5, 5.41) is 38.2. The second-order valence-electron chi connectivity index (χ2n) is 10.9. The minimum Gasteiger partial charge on any atom is -0.493 e. The second-order valence-corrected chi connectivity index (χ2v) is 11.3. The zero-order valence-corrected chi connectivity index (χ0v) is 21.6. The highest BCUT2D eigenvalue weighted by Gasteiger charge is 2.58. The van der Waals surface area contributed by atoms with Gasteiger partial charge in [0.1, 0.15) is 24.0 Å². The van der Waals surface area contributed by atoms with Crippen LogP contribution in [0, 0.1) is 29.4 Å². The van der Waals surface area contributed by atoms with Crippen LogP contribution in [0.4, 0.5) is 8.78 Å². The Morgan fingerprint density at radius 2 is 1.85 bits per heavy atom. The third kappa shape index (κ3) is 4.98. The van der Waals surface area contributed by atoms with Gasteiger partial charge in [0.25, 0.3) is 0 Å². The van der Waals surface area contributed by atoms with Crippen molar-refractivity contribution in [2.75, 3.05) is 13.2 Å². The number of aromatic nitrogens is 1. The number of benzene rings is 2. The summed E-state index contributed by atoms with van der Waals surface area (Å²) in [6.45, 7) is -0.0922. The van der Waals surface area contributed by atoms with E-state index in [1.165, 1.54) is 6.07 Å². The van der Waals surface area contributed by atoms with Gasteiger partial charge in [0, 0.05) is 40.9 Å². The maximum Gasteiger partial charge on any atom is 0.213 e. The number of aliphatic hydroxyl groups is 4. The number of fused-ring (bicyclic) bond motifs is 3. The van der Waals surface area contributed by atoms with Crippen LogP contribution in [0.5, 0.6) is 11.6 Å². The maximum atomic E-state index is 14.8. The molecule has 3 atom stereocenters. The largest absolute Gasteiger partial charge is 0.493 e. The van der Waals surface area contributed by atoms with Gasteiger partial charge in [-0.25, -0.2) is 13.8 Å². The van der Waals surface area contributed by atoms with E-state index in [1.807, 2.05) is 0 Å². The highest BCUT2D eigenvalue weighted by atomic mass is 35.5. The molecule has 6 rings (SSSR count). The number of aliphatic hydroxyl groups excluding tert-OH is 2. The first kappa shape index (κ1) is 26.4. The van der Waals surface area contributed by atoms with E-state index in [-0.39, 0.29) is 53.0 Å². The second kappa shape index (κ2) is 9.98. The normalized spacial score (nSPS) is 26.7. The molecule has 206 valence electrons. The first-order chi connectivity index (χ1) is 18.7. The predicted octanol–water partition coefficient (Wildman–Crippen LogP) is 3.97. The van der Waals surface area contributed by atoms with Crippen LogP contribution >= 0.6 is 11.6 Å². The number of rotatable bonds is 9. The molecule has 1 heterocycles. The summed E-state index contributed by atoms with van der Waals surface area (Å²) in [7, 11) is 0. The average molecular weight is 560 g/mol. The standard InChI is InChI=1S/C29H28ClF2NO6/c30-22-6-17(38-11-14-8-29(37,9-14)13-34)1-2-18(22)19-4-16(23(31)7-24(19)32)12-39-25-5-15-3-20-26(21(15)10-33-25)27(20)28(35)36/h1-2,4-7,10,14,20,26-28,34-37H,3,8-9,11-13H2/t14?,20-,26-,27+,29?/m1/s1. The third-order valence-corrected chi connectivity index (χ3v) is 8.56. The minimum absolute atomic E-state index is 0.102. The van der Waals surface area contributed by atoms with Crippen molar-refractivity contribution in [1.82, 2.24) is 4.98 Å². The van der Waals surface area contributed by atoms with Crippen molar-refractivity contribution in [2.45, 2.75) is 43.7 Å². The number of ether oxygens (including phenoxy) is 2. The van der Waals surface area contributed by atoms with Gasteiger partial charge in [-0.05, 0) is 72.4 Å². The smallest absolute Gasteiger partial charge is 0.213 e. The van der Waals surface area contributed by atoms with E-state index < -0.39 is 23.5 Å². The quantitative estimate of drug-likeness (QED) is 0.294. The molecular weight excluding hydrogens is 532 g/mol. The fraction of sp³-hybridized carbons (Fsp3) is 0.414. The summed E-state index contributed by atoms with van der Waals surface area (Å²) in [6, 6.07) is 8.77. The Morgan fingerprint density at radius 3 is 2.56 bits per heavy atom. The highest BCUT2D eigenvalue weighted by Crippen LogP contribution is 2.62. The van der Waals surface area contributed by atoms with E-state index in [9.17, 15) is 24.1 Å². The molecule has 0 aliphatic heterocycles. The van der Waals surface area contributed by atoms with Crippen molar-refractivity contribution in [3.63, 3.8) is 0 Å². The lowest BCUT2D eigenvalue weighted by atomic mass is 9.72. The molecule has 0 bridgehead atoms. The summed E-state index contributed by atoms with van der Waals surface area (Å²) in [5.74, 6) is -0.461. The predicted molar refractivity (Wildman–Crippen MR) is 137 cm³/mol. The molecule has 3 aromatic rings. The number of pyridine rings is 1. The molecule has 0 unspecified atom stereocenters. The van der Waals surface area contributed by atoms with Crippen molar-refractivity contribution in [3.05, 3.63) is 75.9 Å². The van der Waals surface area contributed by atoms with Crippen LogP contribution in [0.1, 0.15) is 35.4 Å². The van der Waals surface area contributed by atoms with Crippen molar-refractivity contribution < 1.29 is 38.7 Å². The zero-order chi connectivity index (χ0) is 27.5. The first-order valence-corrected chi connectivity index (χ1v) is 13.3. The lowest BCUT2D eigenvalue weighted by Gasteiger charge is -2.42. The van der Waals surface area contributed by atoms with Gasteiger partial charge in [-0.15, -0.1) is 0 Å². The van der Waals surface area contributed by atoms with Gasteiger partial charge in [0.2, 0.25) is 5.88 Å². The number of halogens is 3. The van der Waals surface area contributed by atoms with Gasteiger partial charge in [-0.1, -0.05) is 11.6 Å². The molecule has 2 fully saturated rings. The van der Waals surface area contributed by atoms with Gasteiger partial charge in [-0.2, -0.15) is 0 Å². The molecule has 1 aromatic heterocycles. The highest BCUT2D eigenvalue weighted by molar-refractivity contribution is 6.33. The summed E-state index contributed by atoms with van der Waals surface area (Å²) in [4.78, 5) is 4.30. The first-order valence-electron chi connectivity index (χ1n) is 12.9. The topological polar surface area (TPSA) is 112 Å². The molecule has 39 heavy (non-hydrogen) atoms. The Bertz CT molecular complexity index is 1410. The summed E-state index contributed by atoms with van der Waals surface area (Å²) in [5.41, 5.74) is 1.62. The molecular formula is C29H28ClF2NO6. The Hall–Kier alpha value is -2.82. The maximum absolute atomic E-state index is 14.8. The van der Waals surface area contributed by atoms with Crippen molar-refractivity contribution in [1.29, 1.82) is 0 Å². The van der Waals surface area contributed by atoms with Crippen molar-refractivity contribution in [2.24, 2.45) is 17.8 Å². The SMILES string of the molecule is OCC1(O)CC(COc2ccc(-c3cc(COc4cc5c(cn4)[C@H]4[C@@H](C5)[C@@H]4C(O)O)c(F)cc3F)c(Cl)c2)C1. The van der Waals surface area contributed by atoms with E-state index in [0.29, 0.717) is 43.1 Å². The monoisotopic (exact) mass is 559 g/mol. The number of hydrogen-bond donors (Lipinski definition) is 4. The van der Waals surface area contributed by atoms with Gasteiger partial charge < -0.3 is 29.9 Å².